The van der Waals surface area contributed by atoms with Crippen molar-refractivity contribution in [1.29, 1.82) is 0 Å². The summed E-state index contributed by atoms with van der Waals surface area (Å²) in [6.07, 6.45) is 5.03. The van der Waals surface area contributed by atoms with Gasteiger partial charge in [0.25, 0.3) is 5.91 Å². The summed E-state index contributed by atoms with van der Waals surface area (Å²) >= 11 is 0. The van der Waals surface area contributed by atoms with Crippen LogP contribution in [0.15, 0.2) is 73.2 Å². The molecule has 0 aliphatic rings. The number of rotatable bonds is 6. The number of halogens is 1. The molecule has 4 aromatic rings. The maximum atomic E-state index is 13.8. The number of carbonyl (C=O) groups is 1. The molecule has 7 nitrogen and oxygen atoms in total. The van der Waals surface area contributed by atoms with Gasteiger partial charge in [-0.05, 0) is 30.3 Å². The molecule has 30 heavy (non-hydrogen) atoms. The standard InChI is InChI=1S/C22H19FN4O3/c1-29-18-11-16(12-19(13-18)30-2)25-21(28)20-14-24-27(17-7-5-6-15(23)10-17)22(20)26-8-3-4-9-26/h3-14H,1-2H3,(H,25,28). The van der Waals surface area contributed by atoms with E-state index in [1.165, 1.54) is 37.2 Å². The van der Waals surface area contributed by atoms with Crippen molar-refractivity contribution < 1.29 is 18.7 Å². The number of aromatic nitrogens is 3. The number of anilines is 1. The van der Waals surface area contributed by atoms with Crippen LogP contribution in [0.5, 0.6) is 11.5 Å². The summed E-state index contributed by atoms with van der Waals surface area (Å²) in [5, 5.41) is 7.18. The molecule has 4 rings (SSSR count). The zero-order valence-corrected chi connectivity index (χ0v) is 16.4. The van der Waals surface area contributed by atoms with E-state index >= 15 is 0 Å². The summed E-state index contributed by atoms with van der Waals surface area (Å²) in [7, 11) is 3.07. The van der Waals surface area contributed by atoms with E-state index < -0.39 is 5.82 Å². The van der Waals surface area contributed by atoms with Crippen LogP contribution in [0.4, 0.5) is 10.1 Å². The number of nitrogens with one attached hydrogen (secondary N) is 1. The Morgan fingerprint density at radius 3 is 2.33 bits per heavy atom. The van der Waals surface area contributed by atoms with Gasteiger partial charge in [0.1, 0.15) is 22.9 Å². The Labute approximate surface area is 172 Å². The number of benzene rings is 2. The second kappa shape index (κ2) is 8.12. The first-order chi connectivity index (χ1) is 14.6. The van der Waals surface area contributed by atoms with Crippen LogP contribution in [-0.4, -0.2) is 34.5 Å². The molecule has 2 heterocycles. The van der Waals surface area contributed by atoms with Crippen molar-refractivity contribution in [3.63, 3.8) is 0 Å². The Hall–Kier alpha value is -4.07. The van der Waals surface area contributed by atoms with Crippen LogP contribution in [0, 0.1) is 5.82 Å². The second-order valence-corrected chi connectivity index (χ2v) is 6.42. The van der Waals surface area contributed by atoms with Crippen LogP contribution in [0.2, 0.25) is 0 Å². The topological polar surface area (TPSA) is 70.3 Å². The number of methoxy groups -OCH3 is 2. The fourth-order valence-corrected chi connectivity index (χ4v) is 3.10. The smallest absolute Gasteiger partial charge is 0.261 e. The zero-order chi connectivity index (χ0) is 21.1. The van der Waals surface area contributed by atoms with Crippen molar-refractivity contribution in [2.45, 2.75) is 0 Å². The van der Waals surface area contributed by atoms with E-state index in [-0.39, 0.29) is 5.91 Å². The van der Waals surface area contributed by atoms with E-state index in [4.69, 9.17) is 9.47 Å². The number of hydrogen-bond donors (Lipinski definition) is 1. The molecule has 0 radical (unpaired) electrons. The molecule has 2 aromatic heterocycles. The summed E-state index contributed by atoms with van der Waals surface area (Å²) in [4.78, 5) is 13.1. The van der Waals surface area contributed by atoms with Gasteiger partial charge in [-0.15, -0.1) is 0 Å². The van der Waals surface area contributed by atoms with Crippen LogP contribution < -0.4 is 14.8 Å². The summed E-state index contributed by atoms with van der Waals surface area (Å²) < 4.78 is 27.5. The van der Waals surface area contributed by atoms with Gasteiger partial charge in [-0.3, -0.25) is 4.79 Å². The van der Waals surface area contributed by atoms with Gasteiger partial charge in [0, 0.05) is 36.3 Å². The van der Waals surface area contributed by atoms with Gasteiger partial charge < -0.3 is 19.4 Å². The largest absolute Gasteiger partial charge is 0.497 e. The number of ether oxygens (including phenoxy) is 2. The summed E-state index contributed by atoms with van der Waals surface area (Å²) in [5.74, 6) is 0.807. The highest BCUT2D eigenvalue weighted by Gasteiger charge is 2.20. The third-order valence-electron chi connectivity index (χ3n) is 4.50. The maximum absolute atomic E-state index is 13.8. The SMILES string of the molecule is COc1cc(NC(=O)c2cnn(-c3cccc(F)c3)c2-n2cccc2)cc(OC)c1. The van der Waals surface area contributed by atoms with E-state index in [1.54, 1.807) is 47.3 Å². The fourth-order valence-electron chi connectivity index (χ4n) is 3.10. The Kier molecular flexibility index (Phi) is 5.21. The first-order valence-corrected chi connectivity index (χ1v) is 9.11. The maximum Gasteiger partial charge on any atom is 0.261 e. The van der Waals surface area contributed by atoms with E-state index in [0.29, 0.717) is 34.3 Å². The lowest BCUT2D eigenvalue weighted by Gasteiger charge is -2.12. The lowest BCUT2D eigenvalue weighted by molar-refractivity contribution is 0.102. The van der Waals surface area contributed by atoms with Crippen LogP contribution >= 0.6 is 0 Å². The lowest BCUT2D eigenvalue weighted by Crippen LogP contribution is -2.15. The normalized spacial score (nSPS) is 10.6. The first-order valence-electron chi connectivity index (χ1n) is 9.11. The van der Waals surface area contributed by atoms with Gasteiger partial charge in [0.2, 0.25) is 0 Å². The molecule has 0 aliphatic carbocycles. The van der Waals surface area contributed by atoms with Crippen LogP contribution in [0.3, 0.4) is 0 Å². The Bertz CT molecular complexity index is 1160. The fraction of sp³-hybridized carbons (Fsp3) is 0.0909. The third-order valence-corrected chi connectivity index (χ3v) is 4.50. The molecule has 0 atom stereocenters. The molecule has 2 aromatic carbocycles. The van der Waals surface area contributed by atoms with Crippen molar-refractivity contribution in [1.82, 2.24) is 14.3 Å². The molecule has 8 heteroatoms. The highest BCUT2D eigenvalue weighted by Crippen LogP contribution is 2.27. The summed E-state index contributed by atoms with van der Waals surface area (Å²) in [5.41, 5.74) is 1.33. The molecular formula is C22H19FN4O3. The molecule has 152 valence electrons. The second-order valence-electron chi connectivity index (χ2n) is 6.42. The Balaban J connectivity index is 1.75. The molecule has 0 unspecified atom stereocenters. The molecular weight excluding hydrogens is 387 g/mol. The van der Waals surface area contributed by atoms with E-state index in [9.17, 15) is 9.18 Å². The van der Waals surface area contributed by atoms with Gasteiger partial charge in [0.15, 0.2) is 5.82 Å². The Morgan fingerprint density at radius 1 is 1.00 bits per heavy atom. The van der Waals surface area contributed by atoms with Crippen LogP contribution in [0.25, 0.3) is 11.5 Å². The molecule has 0 saturated heterocycles. The molecule has 0 bridgehead atoms. The average Bonchev–Trinajstić information content (AvgIpc) is 3.42. The number of amides is 1. The van der Waals surface area contributed by atoms with Crippen molar-refractivity contribution in [3.8, 4) is 23.0 Å². The first kappa shape index (κ1) is 19.3. The lowest BCUT2D eigenvalue weighted by atomic mass is 10.2. The minimum atomic E-state index is -0.393. The summed E-state index contributed by atoms with van der Waals surface area (Å²) in [6, 6.07) is 14.8. The summed E-state index contributed by atoms with van der Waals surface area (Å²) in [6.45, 7) is 0. The van der Waals surface area contributed by atoms with E-state index in [1.807, 2.05) is 12.1 Å². The predicted molar refractivity (Wildman–Crippen MR) is 110 cm³/mol. The minimum absolute atomic E-state index is 0.317. The van der Waals surface area contributed by atoms with Gasteiger partial charge in [-0.2, -0.15) is 5.10 Å². The molecule has 0 fully saturated rings. The van der Waals surface area contributed by atoms with Gasteiger partial charge in [-0.1, -0.05) is 6.07 Å². The monoisotopic (exact) mass is 406 g/mol. The molecule has 1 amide bonds. The average molecular weight is 406 g/mol. The van der Waals surface area contributed by atoms with Crippen LogP contribution in [-0.2, 0) is 0 Å². The van der Waals surface area contributed by atoms with Crippen molar-refractivity contribution in [2.24, 2.45) is 0 Å². The van der Waals surface area contributed by atoms with E-state index in [0.717, 1.165) is 0 Å². The van der Waals surface area contributed by atoms with Crippen LogP contribution in [0.1, 0.15) is 10.4 Å². The van der Waals surface area contributed by atoms with Gasteiger partial charge in [-0.25, -0.2) is 9.07 Å². The molecule has 0 spiro atoms. The number of hydrogen-bond acceptors (Lipinski definition) is 4. The van der Waals surface area contributed by atoms with E-state index in [2.05, 4.69) is 10.4 Å². The third kappa shape index (κ3) is 3.75. The zero-order valence-electron chi connectivity index (χ0n) is 16.4. The van der Waals surface area contributed by atoms with Gasteiger partial charge in [0.05, 0.1) is 26.1 Å². The Morgan fingerprint density at radius 2 is 1.70 bits per heavy atom. The molecule has 0 saturated carbocycles. The van der Waals surface area contributed by atoms with Crippen molar-refractivity contribution >= 4 is 11.6 Å². The highest BCUT2D eigenvalue weighted by atomic mass is 19.1. The van der Waals surface area contributed by atoms with Crippen molar-refractivity contribution in [2.75, 3.05) is 19.5 Å². The number of nitrogens with zero attached hydrogens (tertiary/aromatic N) is 3. The van der Waals surface area contributed by atoms with Crippen molar-refractivity contribution in [3.05, 3.63) is 84.6 Å². The van der Waals surface area contributed by atoms with Gasteiger partial charge >= 0.3 is 0 Å². The minimum Gasteiger partial charge on any atom is -0.497 e. The molecule has 0 aliphatic heterocycles. The highest BCUT2D eigenvalue weighted by molar-refractivity contribution is 6.06. The number of carbonyl (C=O) groups excluding carboxylic acids is 1. The quantitative estimate of drug-likeness (QED) is 0.524. The molecule has 1 N–H and O–H groups in total. The predicted octanol–water partition coefficient (Wildman–Crippen LogP) is 4.07.